The number of halogens is 1. The van der Waals surface area contributed by atoms with Gasteiger partial charge in [0.2, 0.25) is 0 Å². The molecular formula is C22H30ClN5. The molecule has 3 aromatic rings. The van der Waals surface area contributed by atoms with Crippen LogP contribution in [-0.2, 0) is 13.1 Å². The summed E-state index contributed by atoms with van der Waals surface area (Å²) in [5.41, 5.74) is 4.81. The van der Waals surface area contributed by atoms with Crippen LogP contribution >= 0.6 is 12.4 Å². The molecule has 2 aromatic heterocycles. The van der Waals surface area contributed by atoms with Gasteiger partial charge in [-0.1, -0.05) is 36.8 Å². The van der Waals surface area contributed by atoms with Crippen molar-refractivity contribution in [3.05, 3.63) is 60.3 Å². The Balaban J connectivity index is 0.00000225. The lowest BCUT2D eigenvalue weighted by Crippen LogP contribution is -2.31. The maximum absolute atomic E-state index is 4.63. The molecule has 0 spiro atoms. The van der Waals surface area contributed by atoms with Crippen molar-refractivity contribution < 1.29 is 0 Å². The third kappa shape index (κ3) is 4.83. The first-order valence-corrected chi connectivity index (χ1v) is 10.1. The molecule has 0 saturated carbocycles. The molecule has 5 nitrogen and oxygen atoms in total. The second-order valence-corrected chi connectivity index (χ2v) is 7.52. The number of benzene rings is 1. The second-order valence-electron chi connectivity index (χ2n) is 7.52. The van der Waals surface area contributed by atoms with Gasteiger partial charge in [0, 0.05) is 17.8 Å². The maximum atomic E-state index is 4.63. The van der Waals surface area contributed by atoms with E-state index in [4.69, 9.17) is 0 Å². The number of aromatic nitrogens is 4. The highest BCUT2D eigenvalue weighted by Crippen LogP contribution is 2.24. The Morgan fingerprint density at radius 1 is 0.964 bits per heavy atom. The second kappa shape index (κ2) is 9.89. The summed E-state index contributed by atoms with van der Waals surface area (Å²) in [6, 6.07) is 10.5. The van der Waals surface area contributed by atoms with E-state index in [0.717, 1.165) is 13.1 Å². The molecule has 3 heterocycles. The van der Waals surface area contributed by atoms with Crippen LogP contribution in [-0.4, -0.2) is 43.9 Å². The van der Waals surface area contributed by atoms with E-state index in [1.165, 1.54) is 67.8 Å². The fourth-order valence-electron chi connectivity index (χ4n) is 3.98. The van der Waals surface area contributed by atoms with Gasteiger partial charge in [-0.2, -0.15) is 5.10 Å². The fraction of sp³-hybridized carbons (Fsp3) is 0.455. The normalized spacial score (nSPS) is 14.8. The van der Waals surface area contributed by atoms with Crippen LogP contribution < -0.4 is 0 Å². The lowest BCUT2D eigenvalue weighted by molar-refractivity contribution is 0.223. The van der Waals surface area contributed by atoms with E-state index in [0.29, 0.717) is 0 Å². The summed E-state index contributed by atoms with van der Waals surface area (Å²) in [6.45, 7) is 7.68. The van der Waals surface area contributed by atoms with E-state index in [-0.39, 0.29) is 12.4 Å². The van der Waals surface area contributed by atoms with Crippen LogP contribution in [0.2, 0.25) is 0 Å². The number of hydrogen-bond donors (Lipinski definition) is 0. The molecule has 4 rings (SSSR count). The third-order valence-electron chi connectivity index (χ3n) is 5.59. The van der Waals surface area contributed by atoms with Crippen LogP contribution in [0.5, 0.6) is 0 Å². The first kappa shape index (κ1) is 20.6. The molecule has 28 heavy (non-hydrogen) atoms. The summed E-state index contributed by atoms with van der Waals surface area (Å²) in [6.07, 6.45) is 11.2. The van der Waals surface area contributed by atoms with Crippen LogP contribution in [0.3, 0.4) is 0 Å². The highest BCUT2D eigenvalue weighted by Gasteiger charge is 2.14. The average Bonchev–Trinajstić information content (AvgIpc) is 3.30. The summed E-state index contributed by atoms with van der Waals surface area (Å²) < 4.78 is 4.36. The molecule has 1 aromatic carbocycles. The number of rotatable bonds is 7. The van der Waals surface area contributed by atoms with Gasteiger partial charge in [0.15, 0.2) is 0 Å². The van der Waals surface area contributed by atoms with E-state index in [1.54, 1.807) is 0 Å². The van der Waals surface area contributed by atoms with Crippen molar-refractivity contribution in [2.75, 3.05) is 19.6 Å². The summed E-state index contributed by atoms with van der Waals surface area (Å²) in [5.74, 6) is 0. The largest absolute Gasteiger partial charge is 0.330 e. The van der Waals surface area contributed by atoms with Gasteiger partial charge < -0.3 is 9.47 Å². The molecule has 1 aliphatic rings. The van der Waals surface area contributed by atoms with E-state index in [9.17, 15) is 0 Å². The molecule has 0 aliphatic carbocycles. The maximum Gasteiger partial charge on any atom is 0.0950 e. The SMILES string of the molecule is Cc1c(-c2cncn2CCCN2CCCCC2)cnn1Cc1ccccc1.Cl. The van der Waals surface area contributed by atoms with Crippen molar-refractivity contribution in [3.8, 4) is 11.3 Å². The van der Waals surface area contributed by atoms with Crippen LogP contribution in [0, 0.1) is 6.92 Å². The molecule has 0 bridgehead atoms. The van der Waals surface area contributed by atoms with Gasteiger partial charge >= 0.3 is 0 Å². The Morgan fingerprint density at radius 2 is 1.75 bits per heavy atom. The highest BCUT2D eigenvalue weighted by molar-refractivity contribution is 5.85. The van der Waals surface area contributed by atoms with Crippen molar-refractivity contribution in [2.45, 2.75) is 45.7 Å². The minimum absolute atomic E-state index is 0. The molecule has 1 fully saturated rings. The molecule has 0 unspecified atom stereocenters. The van der Waals surface area contributed by atoms with Crippen molar-refractivity contribution in [2.24, 2.45) is 0 Å². The van der Waals surface area contributed by atoms with E-state index < -0.39 is 0 Å². The highest BCUT2D eigenvalue weighted by atomic mass is 35.5. The predicted molar refractivity (Wildman–Crippen MR) is 116 cm³/mol. The van der Waals surface area contributed by atoms with E-state index in [2.05, 4.69) is 55.4 Å². The van der Waals surface area contributed by atoms with E-state index in [1.807, 2.05) is 24.8 Å². The van der Waals surface area contributed by atoms with Crippen LogP contribution in [0.4, 0.5) is 0 Å². The smallest absolute Gasteiger partial charge is 0.0950 e. The summed E-state index contributed by atoms with van der Waals surface area (Å²) in [5, 5.41) is 4.63. The lowest BCUT2D eigenvalue weighted by Gasteiger charge is -2.26. The van der Waals surface area contributed by atoms with Crippen molar-refractivity contribution in [1.82, 2.24) is 24.2 Å². The van der Waals surface area contributed by atoms with Gasteiger partial charge in [-0.3, -0.25) is 4.68 Å². The van der Waals surface area contributed by atoms with Gasteiger partial charge in [0.25, 0.3) is 0 Å². The quantitative estimate of drug-likeness (QED) is 0.591. The minimum Gasteiger partial charge on any atom is -0.330 e. The average molecular weight is 400 g/mol. The monoisotopic (exact) mass is 399 g/mol. The topological polar surface area (TPSA) is 38.9 Å². The van der Waals surface area contributed by atoms with Crippen LogP contribution in [0.25, 0.3) is 11.3 Å². The number of imidazole rings is 1. The first-order valence-electron chi connectivity index (χ1n) is 10.1. The van der Waals surface area contributed by atoms with Gasteiger partial charge in [-0.25, -0.2) is 4.98 Å². The number of aryl methyl sites for hydroxylation is 1. The Hall–Kier alpha value is -2.11. The summed E-state index contributed by atoms with van der Waals surface area (Å²) in [4.78, 5) is 7.01. The zero-order valence-electron chi connectivity index (χ0n) is 16.6. The van der Waals surface area contributed by atoms with Crippen molar-refractivity contribution in [1.29, 1.82) is 0 Å². The van der Waals surface area contributed by atoms with Crippen molar-refractivity contribution >= 4 is 12.4 Å². The predicted octanol–water partition coefficient (Wildman–Crippen LogP) is 4.40. The van der Waals surface area contributed by atoms with Crippen LogP contribution in [0.15, 0.2) is 49.1 Å². The van der Waals surface area contributed by atoms with Crippen molar-refractivity contribution in [3.63, 3.8) is 0 Å². The molecule has 6 heteroatoms. The Morgan fingerprint density at radius 3 is 2.54 bits per heavy atom. The minimum atomic E-state index is 0. The third-order valence-corrected chi connectivity index (χ3v) is 5.59. The van der Waals surface area contributed by atoms with Gasteiger partial charge in [-0.05, 0) is 51.4 Å². The summed E-state index contributed by atoms with van der Waals surface area (Å²) >= 11 is 0. The van der Waals surface area contributed by atoms with Crippen LogP contribution in [0.1, 0.15) is 36.9 Å². The number of hydrogen-bond acceptors (Lipinski definition) is 3. The Bertz CT molecular complexity index is 849. The van der Waals surface area contributed by atoms with E-state index >= 15 is 0 Å². The molecule has 0 atom stereocenters. The van der Waals surface area contributed by atoms with Gasteiger partial charge in [0.1, 0.15) is 0 Å². The molecular weight excluding hydrogens is 370 g/mol. The number of nitrogens with zero attached hydrogens (tertiary/aromatic N) is 5. The van der Waals surface area contributed by atoms with Gasteiger partial charge in [0.05, 0.1) is 31.0 Å². The Kier molecular flexibility index (Phi) is 7.29. The fourth-order valence-corrected chi connectivity index (χ4v) is 3.98. The lowest BCUT2D eigenvalue weighted by atomic mass is 10.1. The summed E-state index contributed by atoms with van der Waals surface area (Å²) in [7, 11) is 0. The zero-order chi connectivity index (χ0) is 18.5. The molecule has 150 valence electrons. The zero-order valence-corrected chi connectivity index (χ0v) is 17.4. The number of likely N-dealkylation sites (tertiary alicyclic amines) is 1. The Labute approximate surface area is 173 Å². The molecule has 1 saturated heterocycles. The first-order chi connectivity index (χ1) is 13.3. The molecule has 0 radical (unpaired) electrons. The molecule has 0 amide bonds. The molecule has 0 N–H and O–H groups in total. The molecule has 1 aliphatic heterocycles. The van der Waals surface area contributed by atoms with Gasteiger partial charge in [-0.15, -0.1) is 12.4 Å². The number of piperidine rings is 1. The standard InChI is InChI=1S/C22H29N5.ClH/c1-19-21(15-24-27(19)17-20-9-4-2-5-10-20)22-16-23-18-26(22)14-8-13-25-11-6-3-7-12-25;/h2,4-5,9-10,15-16,18H,3,6-8,11-14,17H2,1H3;1H.